The molecule has 1 saturated carbocycles. The van der Waals surface area contributed by atoms with Crippen LogP contribution in [0.15, 0.2) is 24.3 Å². The highest BCUT2D eigenvalue weighted by atomic mass is 19.1. The van der Waals surface area contributed by atoms with Gasteiger partial charge in [0, 0.05) is 12.1 Å². The molecular formula is C17H20FNO. The third-order valence-electron chi connectivity index (χ3n) is 4.13. The minimum atomic E-state index is -0.227. The van der Waals surface area contributed by atoms with Crippen LogP contribution in [-0.4, -0.2) is 11.9 Å². The molecule has 0 heterocycles. The highest BCUT2D eigenvalue weighted by molar-refractivity contribution is 5.97. The number of fused-ring (bicyclic) bond motifs is 1. The van der Waals surface area contributed by atoms with Crippen molar-refractivity contribution in [1.82, 2.24) is 5.32 Å². The largest absolute Gasteiger partial charge is 0.350 e. The first kappa shape index (κ1) is 13.3. The zero-order valence-electron chi connectivity index (χ0n) is 11.8. The SMILES string of the molecule is CCCC1C/C(=C/C(=O)NC2CC2)c2cc(F)ccc21. The summed E-state index contributed by atoms with van der Waals surface area (Å²) in [6.07, 6.45) is 6.87. The molecule has 1 amide bonds. The van der Waals surface area contributed by atoms with Gasteiger partial charge in [-0.15, -0.1) is 0 Å². The lowest BCUT2D eigenvalue weighted by atomic mass is 9.97. The van der Waals surface area contributed by atoms with Crippen LogP contribution in [0.1, 0.15) is 56.1 Å². The number of carbonyl (C=O) groups excluding carboxylic acids is 1. The Morgan fingerprint density at radius 1 is 1.45 bits per heavy atom. The monoisotopic (exact) mass is 273 g/mol. The molecule has 106 valence electrons. The predicted molar refractivity (Wildman–Crippen MR) is 77.8 cm³/mol. The van der Waals surface area contributed by atoms with E-state index in [2.05, 4.69) is 12.2 Å². The van der Waals surface area contributed by atoms with Crippen molar-refractivity contribution >= 4 is 11.5 Å². The van der Waals surface area contributed by atoms with Gasteiger partial charge in [0.1, 0.15) is 5.82 Å². The van der Waals surface area contributed by atoms with E-state index in [1.165, 1.54) is 11.6 Å². The van der Waals surface area contributed by atoms with E-state index in [0.29, 0.717) is 12.0 Å². The first-order chi connectivity index (χ1) is 9.67. The smallest absolute Gasteiger partial charge is 0.244 e. The Bertz CT molecular complexity index is 560. The number of allylic oxidation sites excluding steroid dienone is 1. The van der Waals surface area contributed by atoms with Crippen LogP contribution in [0.25, 0.3) is 5.57 Å². The van der Waals surface area contributed by atoms with Gasteiger partial charge >= 0.3 is 0 Å². The second kappa shape index (κ2) is 5.39. The van der Waals surface area contributed by atoms with Crippen molar-refractivity contribution in [2.75, 3.05) is 0 Å². The molecule has 1 fully saturated rings. The molecule has 0 aliphatic heterocycles. The quantitative estimate of drug-likeness (QED) is 0.831. The maximum absolute atomic E-state index is 13.5. The molecule has 1 aromatic carbocycles. The molecule has 0 bridgehead atoms. The third-order valence-corrected chi connectivity index (χ3v) is 4.13. The molecule has 20 heavy (non-hydrogen) atoms. The van der Waals surface area contributed by atoms with Crippen molar-refractivity contribution < 1.29 is 9.18 Å². The lowest BCUT2D eigenvalue weighted by molar-refractivity contribution is -0.116. The summed E-state index contributed by atoms with van der Waals surface area (Å²) in [6, 6.07) is 5.33. The molecule has 0 spiro atoms. The second-order valence-electron chi connectivity index (χ2n) is 5.87. The zero-order chi connectivity index (χ0) is 14.1. The first-order valence-electron chi connectivity index (χ1n) is 7.48. The number of amides is 1. The number of hydrogen-bond donors (Lipinski definition) is 1. The fourth-order valence-electron chi connectivity index (χ4n) is 3.02. The summed E-state index contributed by atoms with van der Waals surface area (Å²) in [5.41, 5.74) is 3.10. The van der Waals surface area contributed by atoms with Crippen LogP contribution >= 0.6 is 0 Å². The number of halogens is 1. The normalized spacial score (nSPS) is 22.9. The Hall–Kier alpha value is -1.64. The van der Waals surface area contributed by atoms with E-state index in [9.17, 15) is 9.18 Å². The minimum absolute atomic E-state index is 0.0325. The predicted octanol–water partition coefficient (Wildman–Crippen LogP) is 3.78. The molecule has 0 radical (unpaired) electrons. The topological polar surface area (TPSA) is 29.1 Å². The Morgan fingerprint density at radius 3 is 2.95 bits per heavy atom. The Balaban J connectivity index is 1.87. The average molecular weight is 273 g/mol. The van der Waals surface area contributed by atoms with E-state index < -0.39 is 0 Å². The average Bonchev–Trinajstić information content (AvgIpc) is 3.15. The summed E-state index contributed by atoms with van der Waals surface area (Å²) in [7, 11) is 0. The maximum atomic E-state index is 13.5. The molecular weight excluding hydrogens is 253 g/mol. The van der Waals surface area contributed by atoms with Crippen LogP contribution in [0.5, 0.6) is 0 Å². The molecule has 3 rings (SSSR count). The first-order valence-corrected chi connectivity index (χ1v) is 7.48. The minimum Gasteiger partial charge on any atom is -0.350 e. The van der Waals surface area contributed by atoms with Gasteiger partial charge in [0.25, 0.3) is 0 Å². The summed E-state index contributed by atoms with van der Waals surface area (Å²) in [5.74, 6) is 0.167. The Morgan fingerprint density at radius 2 is 2.25 bits per heavy atom. The lowest BCUT2D eigenvalue weighted by Crippen LogP contribution is -2.23. The third kappa shape index (κ3) is 2.77. The van der Waals surface area contributed by atoms with Gasteiger partial charge in [-0.05, 0) is 60.4 Å². The summed E-state index contributed by atoms with van der Waals surface area (Å²) >= 11 is 0. The summed E-state index contributed by atoms with van der Waals surface area (Å²) < 4.78 is 13.5. The molecule has 1 atom stereocenters. The van der Waals surface area contributed by atoms with Crippen molar-refractivity contribution in [3.63, 3.8) is 0 Å². The molecule has 1 N–H and O–H groups in total. The standard InChI is InChI=1S/C17H20FNO/c1-2-3-11-8-12(9-17(20)19-14-5-6-14)16-10-13(18)4-7-15(11)16/h4,7,9-11,14H,2-3,5-6,8H2,1H3,(H,19,20)/b12-9-. The summed E-state index contributed by atoms with van der Waals surface area (Å²) in [4.78, 5) is 11.9. The van der Waals surface area contributed by atoms with Crippen molar-refractivity contribution in [2.45, 2.75) is 51.0 Å². The number of nitrogens with one attached hydrogen (secondary N) is 1. The zero-order valence-corrected chi connectivity index (χ0v) is 11.8. The van der Waals surface area contributed by atoms with Gasteiger partial charge in [-0.3, -0.25) is 4.79 Å². The van der Waals surface area contributed by atoms with Gasteiger partial charge in [0.2, 0.25) is 5.91 Å². The van der Waals surface area contributed by atoms with Crippen LogP contribution in [0.3, 0.4) is 0 Å². The summed E-state index contributed by atoms with van der Waals surface area (Å²) in [5, 5.41) is 2.96. The van der Waals surface area contributed by atoms with E-state index in [0.717, 1.165) is 43.2 Å². The van der Waals surface area contributed by atoms with E-state index >= 15 is 0 Å². The molecule has 0 aromatic heterocycles. The molecule has 0 saturated heterocycles. The van der Waals surface area contributed by atoms with Crippen LogP contribution in [0.4, 0.5) is 4.39 Å². The van der Waals surface area contributed by atoms with Crippen LogP contribution in [0.2, 0.25) is 0 Å². The van der Waals surface area contributed by atoms with Gasteiger partial charge < -0.3 is 5.32 Å². The number of carbonyl (C=O) groups is 1. The van der Waals surface area contributed by atoms with E-state index in [-0.39, 0.29) is 11.7 Å². The lowest BCUT2D eigenvalue weighted by Gasteiger charge is -2.08. The molecule has 1 unspecified atom stereocenters. The number of hydrogen-bond acceptors (Lipinski definition) is 1. The van der Waals surface area contributed by atoms with Gasteiger partial charge in [-0.25, -0.2) is 4.39 Å². The van der Waals surface area contributed by atoms with Gasteiger partial charge in [-0.2, -0.15) is 0 Å². The highest BCUT2D eigenvalue weighted by Crippen LogP contribution is 2.43. The molecule has 1 aromatic rings. The number of benzene rings is 1. The van der Waals surface area contributed by atoms with Gasteiger partial charge in [0.05, 0.1) is 0 Å². The molecule has 2 nitrogen and oxygen atoms in total. The molecule has 2 aliphatic carbocycles. The molecule has 3 heteroatoms. The van der Waals surface area contributed by atoms with Crippen molar-refractivity contribution in [3.8, 4) is 0 Å². The van der Waals surface area contributed by atoms with Crippen LogP contribution in [0, 0.1) is 5.82 Å². The number of rotatable bonds is 4. The van der Waals surface area contributed by atoms with Crippen LogP contribution in [-0.2, 0) is 4.79 Å². The second-order valence-corrected chi connectivity index (χ2v) is 5.87. The Kier molecular flexibility index (Phi) is 3.60. The summed E-state index contributed by atoms with van der Waals surface area (Å²) in [6.45, 7) is 2.16. The van der Waals surface area contributed by atoms with E-state index in [1.807, 2.05) is 6.07 Å². The van der Waals surface area contributed by atoms with Crippen molar-refractivity contribution in [1.29, 1.82) is 0 Å². The Labute approximate surface area is 119 Å². The van der Waals surface area contributed by atoms with E-state index in [4.69, 9.17) is 0 Å². The van der Waals surface area contributed by atoms with Crippen LogP contribution < -0.4 is 5.32 Å². The van der Waals surface area contributed by atoms with Gasteiger partial charge in [0.15, 0.2) is 0 Å². The fraction of sp³-hybridized carbons (Fsp3) is 0.471. The highest BCUT2D eigenvalue weighted by Gasteiger charge is 2.28. The van der Waals surface area contributed by atoms with Crippen molar-refractivity contribution in [2.24, 2.45) is 0 Å². The molecule has 2 aliphatic rings. The maximum Gasteiger partial charge on any atom is 0.244 e. The van der Waals surface area contributed by atoms with Gasteiger partial charge in [-0.1, -0.05) is 19.4 Å². The fourth-order valence-corrected chi connectivity index (χ4v) is 3.02. The van der Waals surface area contributed by atoms with Crippen molar-refractivity contribution in [3.05, 3.63) is 41.2 Å². The van der Waals surface area contributed by atoms with E-state index in [1.54, 1.807) is 12.1 Å².